The minimum atomic E-state index is -4.04. The molecule has 6 heteroatoms. The van der Waals surface area contributed by atoms with Crippen molar-refractivity contribution in [1.82, 2.24) is 4.98 Å². The molecule has 1 fully saturated rings. The van der Waals surface area contributed by atoms with Crippen molar-refractivity contribution < 1.29 is 13.2 Å². The minimum Gasteiger partial charge on any atom is -0.348 e. The van der Waals surface area contributed by atoms with Crippen LogP contribution in [-0.2, 0) is 0 Å². The van der Waals surface area contributed by atoms with Crippen molar-refractivity contribution in [2.45, 2.75) is 32.9 Å². The SMILES string of the molecule is Cc1nc(N2CCC(C(F)(F)F)CC2)sc1C. The molecule has 1 aromatic heterocycles. The smallest absolute Gasteiger partial charge is 0.348 e. The van der Waals surface area contributed by atoms with Crippen molar-refractivity contribution in [2.75, 3.05) is 18.0 Å². The fourth-order valence-corrected chi connectivity index (χ4v) is 2.95. The Balaban J connectivity index is 2.00. The Hall–Kier alpha value is -0.780. The van der Waals surface area contributed by atoms with Crippen molar-refractivity contribution in [2.24, 2.45) is 5.92 Å². The van der Waals surface area contributed by atoms with Crippen LogP contribution in [0.5, 0.6) is 0 Å². The van der Waals surface area contributed by atoms with Gasteiger partial charge >= 0.3 is 6.18 Å². The highest BCUT2D eigenvalue weighted by molar-refractivity contribution is 7.15. The number of hydrogen-bond donors (Lipinski definition) is 0. The number of piperidine rings is 1. The van der Waals surface area contributed by atoms with E-state index in [-0.39, 0.29) is 12.8 Å². The van der Waals surface area contributed by atoms with Crippen LogP contribution in [0, 0.1) is 19.8 Å². The van der Waals surface area contributed by atoms with Crippen LogP contribution < -0.4 is 4.90 Å². The molecule has 2 nitrogen and oxygen atoms in total. The van der Waals surface area contributed by atoms with E-state index in [1.807, 2.05) is 18.7 Å². The zero-order valence-corrected chi connectivity index (χ0v) is 10.7. The summed E-state index contributed by atoms with van der Waals surface area (Å²) >= 11 is 1.56. The van der Waals surface area contributed by atoms with E-state index in [0.29, 0.717) is 13.1 Å². The van der Waals surface area contributed by atoms with E-state index >= 15 is 0 Å². The van der Waals surface area contributed by atoms with Gasteiger partial charge in [-0.25, -0.2) is 4.98 Å². The molecule has 2 rings (SSSR count). The van der Waals surface area contributed by atoms with Crippen molar-refractivity contribution in [3.8, 4) is 0 Å². The number of nitrogens with zero attached hydrogens (tertiary/aromatic N) is 2. The highest BCUT2D eigenvalue weighted by Gasteiger charge is 2.41. The van der Waals surface area contributed by atoms with Crippen molar-refractivity contribution >= 4 is 16.5 Å². The lowest BCUT2D eigenvalue weighted by Crippen LogP contribution is -2.38. The summed E-state index contributed by atoms with van der Waals surface area (Å²) < 4.78 is 37.5. The Morgan fingerprint density at radius 2 is 1.82 bits per heavy atom. The van der Waals surface area contributed by atoms with E-state index in [2.05, 4.69) is 4.98 Å². The summed E-state index contributed by atoms with van der Waals surface area (Å²) in [6.45, 7) is 4.82. The molecule has 1 aliphatic rings. The van der Waals surface area contributed by atoms with E-state index in [1.54, 1.807) is 11.3 Å². The maximum Gasteiger partial charge on any atom is 0.391 e. The number of hydrogen-bond acceptors (Lipinski definition) is 3. The number of anilines is 1. The van der Waals surface area contributed by atoms with Crippen LogP contribution >= 0.6 is 11.3 Å². The zero-order valence-electron chi connectivity index (χ0n) is 9.84. The first-order chi connectivity index (χ1) is 7.88. The summed E-state index contributed by atoms with van der Waals surface area (Å²) in [6.07, 6.45) is -3.68. The molecule has 0 amide bonds. The predicted octanol–water partition coefficient (Wildman–Crippen LogP) is 3.54. The summed E-state index contributed by atoms with van der Waals surface area (Å²) in [5.41, 5.74) is 0.975. The first-order valence-corrected chi connectivity index (χ1v) is 6.45. The van der Waals surface area contributed by atoms with E-state index in [4.69, 9.17) is 0 Å². The molecule has 1 saturated heterocycles. The van der Waals surface area contributed by atoms with Gasteiger partial charge in [-0.3, -0.25) is 0 Å². The molecule has 0 unspecified atom stereocenters. The van der Waals surface area contributed by atoms with Gasteiger partial charge in [-0.2, -0.15) is 13.2 Å². The second kappa shape index (κ2) is 4.48. The highest BCUT2D eigenvalue weighted by atomic mass is 32.1. The molecular formula is C11H15F3N2S. The number of alkyl halides is 3. The summed E-state index contributed by atoms with van der Waals surface area (Å²) in [5.74, 6) is -1.14. The summed E-state index contributed by atoms with van der Waals surface area (Å²) in [7, 11) is 0. The maximum absolute atomic E-state index is 12.5. The highest BCUT2D eigenvalue weighted by Crippen LogP contribution is 2.36. The lowest BCUT2D eigenvalue weighted by atomic mass is 9.97. The third-order valence-electron chi connectivity index (χ3n) is 3.25. The monoisotopic (exact) mass is 264 g/mol. The summed E-state index contributed by atoms with van der Waals surface area (Å²) in [4.78, 5) is 7.49. The van der Waals surface area contributed by atoms with Crippen molar-refractivity contribution in [3.63, 3.8) is 0 Å². The predicted molar refractivity (Wildman–Crippen MR) is 62.6 cm³/mol. The molecule has 0 bridgehead atoms. The Bertz CT molecular complexity index is 372. The molecule has 0 saturated carbocycles. The lowest BCUT2D eigenvalue weighted by Gasteiger charge is -2.32. The number of halogens is 3. The molecule has 1 aliphatic heterocycles. The largest absolute Gasteiger partial charge is 0.391 e. The van der Waals surface area contributed by atoms with Gasteiger partial charge in [0, 0.05) is 18.0 Å². The molecule has 1 aromatic rings. The van der Waals surface area contributed by atoms with Gasteiger partial charge in [0.2, 0.25) is 0 Å². The van der Waals surface area contributed by atoms with Gasteiger partial charge in [-0.1, -0.05) is 0 Å². The number of thiazole rings is 1. The van der Waals surface area contributed by atoms with E-state index in [9.17, 15) is 13.2 Å². The van der Waals surface area contributed by atoms with Crippen LogP contribution in [0.1, 0.15) is 23.4 Å². The normalized spacial score (nSPS) is 18.8. The molecule has 2 heterocycles. The van der Waals surface area contributed by atoms with E-state index in [0.717, 1.165) is 15.7 Å². The molecule has 17 heavy (non-hydrogen) atoms. The summed E-state index contributed by atoms with van der Waals surface area (Å²) in [6, 6.07) is 0. The average Bonchev–Trinajstić information content (AvgIpc) is 2.58. The first kappa shape index (κ1) is 12.7. The van der Waals surface area contributed by atoms with Gasteiger partial charge in [0.25, 0.3) is 0 Å². The first-order valence-electron chi connectivity index (χ1n) is 5.63. The van der Waals surface area contributed by atoms with Crippen LogP contribution in [0.25, 0.3) is 0 Å². The topological polar surface area (TPSA) is 16.1 Å². The molecule has 0 radical (unpaired) electrons. The Morgan fingerprint density at radius 3 is 2.24 bits per heavy atom. The van der Waals surface area contributed by atoms with Gasteiger partial charge in [0.05, 0.1) is 11.6 Å². The number of aryl methyl sites for hydroxylation is 2. The summed E-state index contributed by atoms with van der Waals surface area (Å²) in [5, 5.41) is 0.862. The minimum absolute atomic E-state index is 0.182. The third kappa shape index (κ3) is 2.73. The lowest BCUT2D eigenvalue weighted by molar-refractivity contribution is -0.179. The van der Waals surface area contributed by atoms with Crippen LogP contribution in [0.3, 0.4) is 0 Å². The van der Waals surface area contributed by atoms with Crippen LogP contribution in [0.15, 0.2) is 0 Å². The van der Waals surface area contributed by atoms with Gasteiger partial charge in [-0.05, 0) is 26.7 Å². The quantitative estimate of drug-likeness (QED) is 0.771. The molecular weight excluding hydrogens is 249 g/mol. The molecule has 0 aromatic carbocycles. The van der Waals surface area contributed by atoms with Crippen molar-refractivity contribution in [3.05, 3.63) is 10.6 Å². The molecule has 0 spiro atoms. The number of aromatic nitrogens is 1. The van der Waals surface area contributed by atoms with E-state index < -0.39 is 12.1 Å². The van der Waals surface area contributed by atoms with E-state index in [1.165, 1.54) is 0 Å². The Kier molecular flexibility index (Phi) is 3.34. The van der Waals surface area contributed by atoms with Crippen LogP contribution in [-0.4, -0.2) is 24.2 Å². The standard InChI is InChI=1S/C11H15F3N2S/c1-7-8(2)17-10(15-7)16-5-3-9(4-6-16)11(12,13)14/h9H,3-6H2,1-2H3. The van der Waals surface area contributed by atoms with Gasteiger partial charge in [0.15, 0.2) is 5.13 Å². The number of rotatable bonds is 1. The van der Waals surface area contributed by atoms with Gasteiger partial charge < -0.3 is 4.90 Å². The molecule has 0 atom stereocenters. The Labute approximate surface area is 102 Å². The van der Waals surface area contributed by atoms with Gasteiger partial charge in [0.1, 0.15) is 0 Å². The van der Waals surface area contributed by atoms with Crippen LogP contribution in [0.2, 0.25) is 0 Å². The van der Waals surface area contributed by atoms with Crippen molar-refractivity contribution in [1.29, 1.82) is 0 Å². The fraction of sp³-hybridized carbons (Fsp3) is 0.727. The zero-order chi connectivity index (χ0) is 12.6. The van der Waals surface area contributed by atoms with Gasteiger partial charge in [-0.15, -0.1) is 11.3 Å². The third-order valence-corrected chi connectivity index (χ3v) is 4.38. The van der Waals surface area contributed by atoms with Crippen LogP contribution in [0.4, 0.5) is 18.3 Å². The second-order valence-electron chi connectivity index (χ2n) is 4.44. The molecule has 0 aliphatic carbocycles. The second-order valence-corrected chi connectivity index (χ2v) is 5.62. The molecule has 0 N–H and O–H groups in total. The Morgan fingerprint density at radius 1 is 1.24 bits per heavy atom. The maximum atomic E-state index is 12.5. The average molecular weight is 264 g/mol. The molecule has 96 valence electrons. The fourth-order valence-electron chi connectivity index (χ4n) is 1.99.